The molecule has 2 rings (SSSR count). The van der Waals surface area contributed by atoms with E-state index in [0.717, 1.165) is 12.1 Å². The second-order valence-corrected chi connectivity index (χ2v) is 4.26. The van der Waals surface area contributed by atoms with Gasteiger partial charge in [-0.25, -0.2) is 4.39 Å². The Labute approximate surface area is 110 Å². The molecular weight excluding hydrogens is 286 g/mol. The molecule has 0 spiro atoms. The number of hydrogen-bond donors (Lipinski definition) is 2. The van der Waals surface area contributed by atoms with Crippen molar-refractivity contribution in [2.75, 3.05) is 0 Å². The molecule has 1 unspecified atom stereocenters. The number of hydrogen-bond acceptors (Lipinski definition) is 2. The molecule has 3 nitrogen and oxygen atoms in total. The molecule has 1 atom stereocenters. The van der Waals surface area contributed by atoms with Crippen molar-refractivity contribution in [2.24, 2.45) is 5.73 Å². The molecular formula is C11H8ClF4N3. The number of alkyl halides is 3. The van der Waals surface area contributed by atoms with Crippen molar-refractivity contribution in [3.8, 4) is 0 Å². The van der Waals surface area contributed by atoms with Crippen LogP contribution in [0.5, 0.6) is 0 Å². The fourth-order valence-electron chi connectivity index (χ4n) is 1.53. The minimum Gasteiger partial charge on any atom is -0.319 e. The average molecular weight is 294 g/mol. The maximum atomic E-state index is 13.0. The Morgan fingerprint density at radius 3 is 2.47 bits per heavy atom. The van der Waals surface area contributed by atoms with Gasteiger partial charge < -0.3 is 5.73 Å². The predicted molar refractivity (Wildman–Crippen MR) is 61.0 cm³/mol. The van der Waals surface area contributed by atoms with Crippen LogP contribution in [0, 0.1) is 5.82 Å². The van der Waals surface area contributed by atoms with Gasteiger partial charge in [-0.05, 0) is 23.8 Å². The highest BCUT2D eigenvalue weighted by Gasteiger charge is 2.34. The van der Waals surface area contributed by atoms with E-state index in [2.05, 4.69) is 10.2 Å². The van der Waals surface area contributed by atoms with Crippen LogP contribution in [0.15, 0.2) is 24.3 Å². The van der Waals surface area contributed by atoms with Gasteiger partial charge in [0.25, 0.3) is 0 Å². The fraction of sp³-hybridized carbons (Fsp3) is 0.182. The summed E-state index contributed by atoms with van der Waals surface area (Å²) in [7, 11) is 0. The zero-order valence-corrected chi connectivity index (χ0v) is 10.1. The summed E-state index contributed by atoms with van der Waals surface area (Å²) in [5.41, 5.74) is 5.15. The molecule has 0 amide bonds. The van der Waals surface area contributed by atoms with E-state index < -0.39 is 23.7 Å². The van der Waals surface area contributed by atoms with Crippen molar-refractivity contribution in [2.45, 2.75) is 12.2 Å². The molecule has 0 bridgehead atoms. The van der Waals surface area contributed by atoms with E-state index in [4.69, 9.17) is 17.3 Å². The first-order chi connectivity index (χ1) is 8.79. The maximum Gasteiger partial charge on any atom is 0.435 e. The molecule has 0 radical (unpaired) electrons. The van der Waals surface area contributed by atoms with Gasteiger partial charge in [-0.1, -0.05) is 17.7 Å². The van der Waals surface area contributed by atoms with Crippen LogP contribution in [0.3, 0.4) is 0 Å². The summed E-state index contributed by atoms with van der Waals surface area (Å²) in [6, 6.07) is 3.61. The average Bonchev–Trinajstić information content (AvgIpc) is 2.81. The third-order valence-electron chi connectivity index (χ3n) is 2.53. The van der Waals surface area contributed by atoms with E-state index in [9.17, 15) is 17.6 Å². The van der Waals surface area contributed by atoms with Gasteiger partial charge in [-0.15, -0.1) is 0 Å². The molecule has 2 aromatic rings. The summed E-state index contributed by atoms with van der Waals surface area (Å²) < 4.78 is 50.2. The van der Waals surface area contributed by atoms with Crippen LogP contribution in [-0.2, 0) is 6.18 Å². The lowest BCUT2D eigenvalue weighted by Gasteiger charge is -2.10. The van der Waals surface area contributed by atoms with Gasteiger partial charge >= 0.3 is 6.18 Å². The summed E-state index contributed by atoms with van der Waals surface area (Å²) in [5.74, 6) is -0.627. The topological polar surface area (TPSA) is 54.7 Å². The van der Waals surface area contributed by atoms with Crippen LogP contribution in [0.2, 0.25) is 5.02 Å². The summed E-state index contributed by atoms with van der Waals surface area (Å²) in [6.07, 6.45) is -4.55. The quantitative estimate of drug-likeness (QED) is 0.835. The SMILES string of the molecule is NC(c1ccc(F)c(Cl)c1)c1cc(C(F)(F)F)n[nH]1. The number of benzene rings is 1. The number of aromatic nitrogens is 2. The second-order valence-electron chi connectivity index (χ2n) is 3.86. The highest BCUT2D eigenvalue weighted by atomic mass is 35.5. The Hall–Kier alpha value is -1.60. The molecule has 0 fully saturated rings. The van der Waals surface area contributed by atoms with Crippen molar-refractivity contribution < 1.29 is 17.6 Å². The molecule has 0 saturated carbocycles. The van der Waals surface area contributed by atoms with Gasteiger partial charge in [0, 0.05) is 0 Å². The van der Waals surface area contributed by atoms with E-state index in [-0.39, 0.29) is 10.7 Å². The van der Waals surface area contributed by atoms with Crippen molar-refractivity contribution in [1.29, 1.82) is 0 Å². The Balaban J connectivity index is 2.31. The molecule has 8 heteroatoms. The van der Waals surface area contributed by atoms with Crippen molar-refractivity contribution >= 4 is 11.6 Å². The van der Waals surface area contributed by atoms with Crippen LogP contribution < -0.4 is 5.73 Å². The first-order valence-electron chi connectivity index (χ1n) is 5.12. The third kappa shape index (κ3) is 2.87. The van der Waals surface area contributed by atoms with E-state index in [1.165, 1.54) is 12.1 Å². The molecule has 1 aromatic carbocycles. The van der Waals surface area contributed by atoms with Crippen molar-refractivity contribution in [3.63, 3.8) is 0 Å². The molecule has 1 heterocycles. The molecule has 0 aliphatic carbocycles. The second kappa shape index (κ2) is 4.82. The first kappa shape index (κ1) is 13.8. The Morgan fingerprint density at radius 1 is 1.26 bits per heavy atom. The van der Waals surface area contributed by atoms with Crippen LogP contribution in [0.25, 0.3) is 0 Å². The number of nitrogens with zero attached hydrogens (tertiary/aromatic N) is 1. The first-order valence-corrected chi connectivity index (χ1v) is 5.50. The summed E-state index contributed by atoms with van der Waals surface area (Å²) in [6.45, 7) is 0. The molecule has 0 aliphatic heterocycles. The van der Waals surface area contributed by atoms with Crippen LogP contribution in [-0.4, -0.2) is 10.2 Å². The Bertz CT molecular complexity index is 594. The normalized spacial score (nSPS) is 13.6. The van der Waals surface area contributed by atoms with Crippen molar-refractivity contribution in [3.05, 3.63) is 52.1 Å². The number of nitrogens with two attached hydrogens (primary N) is 1. The smallest absolute Gasteiger partial charge is 0.319 e. The lowest BCUT2D eigenvalue weighted by molar-refractivity contribution is -0.141. The number of halogens is 5. The number of H-pyrrole nitrogens is 1. The highest BCUT2D eigenvalue weighted by molar-refractivity contribution is 6.30. The van der Waals surface area contributed by atoms with Gasteiger partial charge in [0.1, 0.15) is 5.82 Å². The third-order valence-corrected chi connectivity index (χ3v) is 2.82. The molecule has 3 N–H and O–H groups in total. The molecule has 0 saturated heterocycles. The Morgan fingerprint density at radius 2 is 1.95 bits per heavy atom. The minimum atomic E-state index is -4.55. The van der Waals surface area contributed by atoms with E-state index >= 15 is 0 Å². The van der Waals surface area contributed by atoms with Gasteiger partial charge in [-0.3, -0.25) is 5.10 Å². The van der Waals surface area contributed by atoms with Crippen LogP contribution in [0.1, 0.15) is 23.0 Å². The molecule has 19 heavy (non-hydrogen) atoms. The number of rotatable bonds is 2. The van der Waals surface area contributed by atoms with Gasteiger partial charge in [0.2, 0.25) is 0 Å². The summed E-state index contributed by atoms with van der Waals surface area (Å²) in [4.78, 5) is 0. The van der Waals surface area contributed by atoms with Crippen LogP contribution >= 0.6 is 11.6 Å². The van der Waals surface area contributed by atoms with E-state index in [1.807, 2.05) is 0 Å². The zero-order chi connectivity index (χ0) is 14.2. The standard InChI is InChI=1S/C11H8ClF4N3/c12-6-3-5(1-2-7(6)13)10(17)8-4-9(19-18-8)11(14,15)16/h1-4,10H,17H2,(H,18,19). The fourth-order valence-corrected chi connectivity index (χ4v) is 1.72. The van der Waals surface area contributed by atoms with Crippen LogP contribution in [0.4, 0.5) is 17.6 Å². The van der Waals surface area contributed by atoms with E-state index in [0.29, 0.717) is 5.56 Å². The largest absolute Gasteiger partial charge is 0.435 e. The van der Waals surface area contributed by atoms with Gasteiger partial charge in [0.05, 0.1) is 16.8 Å². The molecule has 0 aliphatic rings. The minimum absolute atomic E-state index is 0.0648. The maximum absolute atomic E-state index is 13.0. The lowest BCUT2D eigenvalue weighted by Crippen LogP contribution is -2.12. The lowest BCUT2D eigenvalue weighted by atomic mass is 10.0. The highest BCUT2D eigenvalue weighted by Crippen LogP contribution is 2.30. The van der Waals surface area contributed by atoms with Gasteiger partial charge in [0.15, 0.2) is 5.69 Å². The summed E-state index contributed by atoms with van der Waals surface area (Å²) >= 11 is 5.59. The molecule has 102 valence electrons. The number of aromatic amines is 1. The zero-order valence-electron chi connectivity index (χ0n) is 9.30. The van der Waals surface area contributed by atoms with Gasteiger partial charge in [-0.2, -0.15) is 18.3 Å². The molecule has 1 aromatic heterocycles. The summed E-state index contributed by atoms with van der Waals surface area (Å²) in [5, 5.41) is 5.20. The van der Waals surface area contributed by atoms with E-state index in [1.54, 1.807) is 0 Å². The monoisotopic (exact) mass is 293 g/mol. The Kier molecular flexibility index (Phi) is 3.51. The predicted octanol–water partition coefficient (Wildman–Crippen LogP) is 3.27. The van der Waals surface area contributed by atoms with Crippen molar-refractivity contribution in [1.82, 2.24) is 10.2 Å². The number of nitrogens with one attached hydrogen (secondary N) is 1.